The van der Waals surface area contributed by atoms with Crippen molar-refractivity contribution in [2.45, 2.75) is 4.90 Å². The number of sulfonamides is 1. The Morgan fingerprint density at radius 1 is 0.909 bits per heavy atom. The van der Waals surface area contributed by atoms with Gasteiger partial charge >= 0.3 is 0 Å². The average Bonchev–Trinajstić information content (AvgIpc) is 3.32. The first-order chi connectivity index (χ1) is 15.7. The number of ether oxygens (including phenoxy) is 2. The van der Waals surface area contributed by atoms with Gasteiger partial charge in [0.1, 0.15) is 11.5 Å². The van der Waals surface area contributed by atoms with Crippen LogP contribution in [0.5, 0.6) is 11.5 Å². The minimum atomic E-state index is -4.18. The van der Waals surface area contributed by atoms with Crippen LogP contribution in [0.1, 0.15) is 20.0 Å². The predicted octanol–water partition coefficient (Wildman–Crippen LogP) is 3.95. The molecule has 0 radical (unpaired) electrons. The molecule has 0 atom stereocenters. The first-order valence-corrected chi connectivity index (χ1v) is 12.2. The molecule has 13 heteroatoms. The lowest BCUT2D eigenvalue weighted by Crippen LogP contribution is -2.41. The molecule has 0 aliphatic rings. The van der Waals surface area contributed by atoms with Gasteiger partial charge < -0.3 is 9.47 Å². The van der Waals surface area contributed by atoms with Gasteiger partial charge in [0.05, 0.1) is 45.3 Å². The average molecular weight is 530 g/mol. The number of benzene rings is 2. The lowest BCUT2D eigenvalue weighted by molar-refractivity contribution is 0.0849. The van der Waals surface area contributed by atoms with Gasteiger partial charge in [0.2, 0.25) is 0 Å². The summed E-state index contributed by atoms with van der Waals surface area (Å²) in [6.45, 7) is 0. The van der Waals surface area contributed by atoms with Gasteiger partial charge in [-0.25, -0.2) is 8.42 Å². The van der Waals surface area contributed by atoms with Crippen molar-refractivity contribution in [3.8, 4) is 11.5 Å². The van der Waals surface area contributed by atoms with Gasteiger partial charge in [0.25, 0.3) is 21.8 Å². The SMILES string of the molecule is COc1cc(OC)c(NS(=O)(=O)c2ccc(Cl)c(C(=O)NNC(=O)c3cccs3)c2)cc1Cl. The fraction of sp³-hybridized carbons (Fsp3) is 0.100. The number of hydrazine groups is 1. The summed E-state index contributed by atoms with van der Waals surface area (Å²) in [6, 6.07) is 9.59. The van der Waals surface area contributed by atoms with E-state index in [1.165, 1.54) is 49.8 Å². The third-order valence-electron chi connectivity index (χ3n) is 4.25. The first kappa shape index (κ1) is 24.6. The molecule has 9 nitrogen and oxygen atoms in total. The molecule has 2 amide bonds. The third-order valence-corrected chi connectivity index (χ3v) is 7.10. The fourth-order valence-corrected chi connectivity index (χ4v) is 4.79. The highest BCUT2D eigenvalue weighted by atomic mass is 35.5. The maximum Gasteiger partial charge on any atom is 0.279 e. The minimum absolute atomic E-state index is 0.0121. The van der Waals surface area contributed by atoms with E-state index in [0.29, 0.717) is 10.6 Å². The monoisotopic (exact) mass is 529 g/mol. The standard InChI is InChI=1S/C20H17Cl2N3O6S2/c1-30-16-10-17(31-2)15(9-14(16)22)25-33(28,29)11-5-6-13(21)12(8-11)19(26)23-24-20(27)18-4-3-7-32-18/h3-10,25H,1-2H3,(H,23,26)(H,24,27). The molecular weight excluding hydrogens is 513 g/mol. The van der Waals surface area contributed by atoms with Crippen molar-refractivity contribution >= 4 is 62.1 Å². The number of nitrogens with one attached hydrogen (secondary N) is 3. The number of thiophene rings is 1. The number of methoxy groups -OCH3 is 2. The summed E-state index contributed by atoms with van der Waals surface area (Å²) in [6.07, 6.45) is 0. The zero-order chi connectivity index (χ0) is 24.2. The maximum absolute atomic E-state index is 13.0. The molecule has 0 spiro atoms. The highest BCUT2D eigenvalue weighted by Crippen LogP contribution is 2.37. The highest BCUT2D eigenvalue weighted by Gasteiger charge is 2.22. The quantitative estimate of drug-likeness (QED) is 0.398. The second kappa shape index (κ2) is 10.3. The van der Waals surface area contributed by atoms with Gasteiger partial charge in [0.15, 0.2) is 0 Å². The van der Waals surface area contributed by atoms with Crippen LogP contribution in [0.2, 0.25) is 10.0 Å². The summed E-state index contributed by atoms with van der Waals surface area (Å²) >= 11 is 13.4. The Labute approximate surface area is 203 Å². The number of hydrogen-bond acceptors (Lipinski definition) is 7. The van der Waals surface area contributed by atoms with Gasteiger partial charge in [-0.3, -0.25) is 25.2 Å². The second-order valence-electron chi connectivity index (χ2n) is 6.32. The van der Waals surface area contributed by atoms with Gasteiger partial charge in [-0.15, -0.1) is 11.3 Å². The van der Waals surface area contributed by atoms with E-state index in [4.69, 9.17) is 32.7 Å². The van der Waals surface area contributed by atoms with Crippen LogP contribution in [0, 0.1) is 0 Å². The molecule has 0 fully saturated rings. The van der Waals surface area contributed by atoms with Gasteiger partial charge in [-0.05, 0) is 35.7 Å². The number of amides is 2. The second-order valence-corrected chi connectivity index (χ2v) is 9.76. The van der Waals surface area contributed by atoms with Crippen LogP contribution in [0.25, 0.3) is 0 Å². The Balaban J connectivity index is 1.83. The Hall–Kier alpha value is -2.99. The number of anilines is 1. The number of carbonyl (C=O) groups excluding carboxylic acids is 2. The summed E-state index contributed by atoms with van der Waals surface area (Å²) in [7, 11) is -1.41. The van der Waals surface area contributed by atoms with E-state index in [0.717, 1.165) is 6.07 Å². The molecule has 174 valence electrons. The molecule has 3 N–H and O–H groups in total. The Morgan fingerprint density at radius 2 is 1.61 bits per heavy atom. The molecule has 1 heterocycles. The van der Waals surface area contributed by atoms with E-state index in [-0.39, 0.29) is 31.9 Å². The molecule has 0 unspecified atom stereocenters. The smallest absolute Gasteiger partial charge is 0.279 e. The largest absolute Gasteiger partial charge is 0.495 e. The van der Waals surface area contributed by atoms with E-state index >= 15 is 0 Å². The van der Waals surface area contributed by atoms with Crippen LogP contribution >= 0.6 is 34.5 Å². The van der Waals surface area contributed by atoms with E-state index < -0.39 is 21.8 Å². The van der Waals surface area contributed by atoms with Crippen LogP contribution in [0.15, 0.2) is 52.7 Å². The molecule has 1 aromatic heterocycles. The molecular formula is C20H17Cl2N3O6S2. The zero-order valence-corrected chi connectivity index (χ0v) is 20.3. The summed E-state index contributed by atoms with van der Waals surface area (Å²) in [5, 5.41) is 1.86. The lowest BCUT2D eigenvalue weighted by Gasteiger charge is -2.15. The van der Waals surface area contributed by atoms with Gasteiger partial charge in [0, 0.05) is 6.07 Å². The van der Waals surface area contributed by atoms with Crippen LogP contribution in [-0.2, 0) is 10.0 Å². The van der Waals surface area contributed by atoms with Crippen molar-refractivity contribution in [1.82, 2.24) is 10.9 Å². The normalized spacial score (nSPS) is 10.9. The third kappa shape index (κ3) is 5.69. The molecule has 2 aromatic carbocycles. The van der Waals surface area contributed by atoms with Crippen molar-refractivity contribution in [3.63, 3.8) is 0 Å². The van der Waals surface area contributed by atoms with Crippen molar-refractivity contribution in [3.05, 3.63) is 68.3 Å². The Kier molecular flexibility index (Phi) is 7.69. The highest BCUT2D eigenvalue weighted by molar-refractivity contribution is 7.92. The molecule has 0 saturated heterocycles. The number of halogens is 2. The molecule has 0 aliphatic carbocycles. The summed E-state index contributed by atoms with van der Waals surface area (Å²) in [5.41, 5.74) is 4.36. The maximum atomic E-state index is 13.0. The molecule has 0 bridgehead atoms. The van der Waals surface area contributed by atoms with E-state index in [9.17, 15) is 18.0 Å². The summed E-state index contributed by atoms with van der Waals surface area (Å²) in [4.78, 5) is 24.7. The molecule has 3 rings (SSSR count). The van der Waals surface area contributed by atoms with Crippen molar-refractivity contribution < 1.29 is 27.5 Å². The first-order valence-electron chi connectivity index (χ1n) is 9.04. The predicted molar refractivity (Wildman–Crippen MR) is 126 cm³/mol. The molecule has 0 saturated carbocycles. The summed E-state index contributed by atoms with van der Waals surface area (Å²) in [5.74, 6) is -0.857. The van der Waals surface area contributed by atoms with E-state index in [2.05, 4.69) is 15.6 Å². The topological polar surface area (TPSA) is 123 Å². The van der Waals surface area contributed by atoms with Crippen molar-refractivity contribution in [2.75, 3.05) is 18.9 Å². The van der Waals surface area contributed by atoms with Crippen molar-refractivity contribution in [2.24, 2.45) is 0 Å². The van der Waals surface area contributed by atoms with Gasteiger partial charge in [-0.1, -0.05) is 29.3 Å². The van der Waals surface area contributed by atoms with Crippen LogP contribution in [-0.4, -0.2) is 34.5 Å². The Bertz CT molecular complexity index is 1300. The van der Waals surface area contributed by atoms with E-state index in [1.54, 1.807) is 17.5 Å². The molecule has 33 heavy (non-hydrogen) atoms. The van der Waals surface area contributed by atoms with Crippen LogP contribution in [0.4, 0.5) is 5.69 Å². The van der Waals surface area contributed by atoms with Crippen LogP contribution in [0.3, 0.4) is 0 Å². The fourth-order valence-electron chi connectivity index (χ4n) is 2.64. The van der Waals surface area contributed by atoms with Crippen molar-refractivity contribution in [1.29, 1.82) is 0 Å². The minimum Gasteiger partial charge on any atom is -0.495 e. The number of rotatable bonds is 7. The Morgan fingerprint density at radius 3 is 2.24 bits per heavy atom. The molecule has 3 aromatic rings. The van der Waals surface area contributed by atoms with Crippen LogP contribution < -0.4 is 25.0 Å². The van der Waals surface area contributed by atoms with Gasteiger partial charge in [-0.2, -0.15) is 0 Å². The molecule has 0 aliphatic heterocycles. The van der Waals surface area contributed by atoms with E-state index in [1.807, 2.05) is 0 Å². The number of carbonyl (C=O) groups is 2. The number of hydrogen-bond donors (Lipinski definition) is 3. The lowest BCUT2D eigenvalue weighted by atomic mass is 10.2. The summed E-state index contributed by atoms with van der Waals surface area (Å²) < 4.78 is 38.6. The zero-order valence-electron chi connectivity index (χ0n) is 17.1.